The Balaban J connectivity index is 1.46. The van der Waals surface area contributed by atoms with Crippen LogP contribution in [0.2, 0.25) is 0 Å². The lowest BCUT2D eigenvalue weighted by molar-refractivity contribution is -0.154. The van der Waals surface area contributed by atoms with Crippen LogP contribution in [0.4, 0.5) is 5.95 Å². The highest BCUT2D eigenvalue weighted by atomic mass is 32.2. The SMILES string of the molecule is CC(C)(C)OC(=O)CCCCCc1ccc(Oc2ccc(S(=O)(=O)Nc3ncc(C(=O)O)cn3)cc2)cc1. The normalized spacial score (nSPS) is 11.6. The number of hydrogen-bond acceptors (Lipinski definition) is 8. The average molecular weight is 542 g/mol. The number of nitrogens with zero attached hydrogens (tertiary/aromatic N) is 2. The Morgan fingerprint density at radius 1 is 0.895 bits per heavy atom. The zero-order chi connectivity index (χ0) is 27.8. The Labute approximate surface area is 222 Å². The first-order valence-corrected chi connectivity index (χ1v) is 13.6. The maximum absolute atomic E-state index is 12.6. The molecular formula is C27H31N3O7S. The van der Waals surface area contributed by atoms with E-state index in [-0.39, 0.29) is 22.4 Å². The quantitative estimate of drug-likeness (QED) is 0.233. The first-order chi connectivity index (χ1) is 17.9. The molecule has 38 heavy (non-hydrogen) atoms. The summed E-state index contributed by atoms with van der Waals surface area (Å²) in [5.74, 6) is -0.544. The number of sulfonamides is 1. The van der Waals surface area contributed by atoms with Crippen LogP contribution in [0.1, 0.15) is 62.4 Å². The number of hydrogen-bond donors (Lipinski definition) is 2. The number of aromatic carboxylic acids is 1. The molecule has 3 rings (SSSR count). The Hall–Kier alpha value is -3.99. The molecule has 0 saturated heterocycles. The van der Waals surface area contributed by atoms with E-state index in [1.54, 1.807) is 0 Å². The second-order valence-electron chi connectivity index (χ2n) is 9.57. The molecule has 0 aliphatic heterocycles. The maximum Gasteiger partial charge on any atom is 0.338 e. The van der Waals surface area contributed by atoms with E-state index >= 15 is 0 Å². The molecule has 202 valence electrons. The number of benzene rings is 2. The smallest absolute Gasteiger partial charge is 0.338 e. The number of carboxylic acids is 1. The zero-order valence-electron chi connectivity index (χ0n) is 21.5. The van der Waals surface area contributed by atoms with Crippen molar-refractivity contribution in [3.05, 3.63) is 72.1 Å². The molecule has 0 spiro atoms. The number of rotatable bonds is 12. The van der Waals surface area contributed by atoms with Crippen molar-refractivity contribution >= 4 is 27.9 Å². The number of carboxylic acid groups (broad SMARTS) is 1. The van der Waals surface area contributed by atoms with Crippen molar-refractivity contribution in [2.24, 2.45) is 0 Å². The second-order valence-corrected chi connectivity index (χ2v) is 11.3. The lowest BCUT2D eigenvalue weighted by Crippen LogP contribution is -2.23. The molecule has 3 aromatic rings. The van der Waals surface area contributed by atoms with E-state index in [1.165, 1.54) is 24.3 Å². The van der Waals surface area contributed by atoms with Gasteiger partial charge in [-0.1, -0.05) is 18.6 Å². The van der Waals surface area contributed by atoms with Crippen LogP contribution in [0.5, 0.6) is 11.5 Å². The summed E-state index contributed by atoms with van der Waals surface area (Å²) in [5, 5.41) is 8.88. The summed E-state index contributed by atoms with van der Waals surface area (Å²) < 4.78 is 38.5. The summed E-state index contributed by atoms with van der Waals surface area (Å²) in [4.78, 5) is 30.0. The molecular weight excluding hydrogens is 510 g/mol. The monoisotopic (exact) mass is 541 g/mol. The van der Waals surface area contributed by atoms with Gasteiger partial charge >= 0.3 is 11.9 Å². The van der Waals surface area contributed by atoms with Crippen molar-refractivity contribution < 1.29 is 32.6 Å². The van der Waals surface area contributed by atoms with Crippen molar-refractivity contribution in [2.75, 3.05) is 4.72 Å². The molecule has 0 fully saturated rings. The van der Waals surface area contributed by atoms with E-state index in [0.717, 1.165) is 43.6 Å². The number of aryl methyl sites for hydroxylation is 1. The largest absolute Gasteiger partial charge is 0.478 e. The minimum absolute atomic E-state index is 0.0298. The highest BCUT2D eigenvalue weighted by Gasteiger charge is 2.17. The maximum atomic E-state index is 12.6. The summed E-state index contributed by atoms with van der Waals surface area (Å²) in [6.07, 6.45) is 6.03. The Morgan fingerprint density at radius 3 is 2.03 bits per heavy atom. The van der Waals surface area contributed by atoms with E-state index in [0.29, 0.717) is 17.9 Å². The van der Waals surface area contributed by atoms with Crippen LogP contribution >= 0.6 is 0 Å². The van der Waals surface area contributed by atoms with Crippen LogP contribution in [0, 0.1) is 0 Å². The van der Waals surface area contributed by atoms with Crippen molar-refractivity contribution in [1.82, 2.24) is 9.97 Å². The average Bonchev–Trinajstić information content (AvgIpc) is 2.84. The highest BCUT2D eigenvalue weighted by Crippen LogP contribution is 2.24. The molecule has 2 aromatic carbocycles. The fraction of sp³-hybridized carbons (Fsp3) is 0.333. The standard InChI is InChI=1S/C27H31N3O7S/c1-27(2,3)37-24(31)8-6-4-5-7-19-9-11-21(12-10-19)36-22-13-15-23(16-14-22)38(34,35)30-26-28-17-20(18-29-26)25(32)33/h9-18H,4-8H2,1-3H3,(H,32,33)(H,28,29,30). The van der Waals surface area contributed by atoms with Gasteiger partial charge in [-0.15, -0.1) is 0 Å². The van der Waals surface area contributed by atoms with Crippen LogP contribution < -0.4 is 9.46 Å². The van der Waals surface area contributed by atoms with Crippen molar-refractivity contribution in [1.29, 1.82) is 0 Å². The van der Waals surface area contributed by atoms with Crippen LogP contribution in [-0.4, -0.2) is 41.0 Å². The van der Waals surface area contributed by atoms with Crippen molar-refractivity contribution in [3.63, 3.8) is 0 Å². The summed E-state index contributed by atoms with van der Waals surface area (Å²) in [7, 11) is -3.97. The summed E-state index contributed by atoms with van der Waals surface area (Å²) in [6, 6.07) is 13.5. The van der Waals surface area contributed by atoms with Crippen LogP contribution in [0.15, 0.2) is 65.8 Å². The minimum atomic E-state index is -3.97. The molecule has 0 bridgehead atoms. The van der Waals surface area contributed by atoms with Gasteiger partial charge in [-0.3, -0.25) is 4.79 Å². The lowest BCUT2D eigenvalue weighted by atomic mass is 10.1. The lowest BCUT2D eigenvalue weighted by Gasteiger charge is -2.19. The molecule has 1 heterocycles. The topological polar surface area (TPSA) is 145 Å². The molecule has 0 aliphatic carbocycles. The zero-order valence-corrected chi connectivity index (χ0v) is 22.3. The number of unbranched alkanes of at least 4 members (excludes halogenated alkanes) is 2. The minimum Gasteiger partial charge on any atom is -0.478 e. The fourth-order valence-corrected chi connectivity index (χ4v) is 4.34. The highest BCUT2D eigenvalue weighted by molar-refractivity contribution is 7.92. The predicted molar refractivity (Wildman–Crippen MR) is 141 cm³/mol. The Kier molecular flexibility index (Phi) is 9.40. The van der Waals surface area contributed by atoms with Gasteiger partial charge in [0.25, 0.3) is 10.0 Å². The van der Waals surface area contributed by atoms with Gasteiger partial charge in [-0.05, 0) is 82.0 Å². The first kappa shape index (κ1) is 28.6. The summed E-state index contributed by atoms with van der Waals surface area (Å²) in [5.41, 5.74) is 0.547. The molecule has 2 N–H and O–H groups in total. The van der Waals surface area contributed by atoms with E-state index in [9.17, 15) is 18.0 Å². The molecule has 0 atom stereocenters. The molecule has 0 saturated carbocycles. The van der Waals surface area contributed by atoms with Gasteiger partial charge in [-0.25, -0.2) is 27.9 Å². The molecule has 10 nitrogen and oxygen atoms in total. The third kappa shape index (κ3) is 9.15. The fourth-order valence-electron chi connectivity index (χ4n) is 3.39. The third-order valence-electron chi connectivity index (χ3n) is 5.18. The van der Waals surface area contributed by atoms with Gasteiger partial charge in [0.1, 0.15) is 17.1 Å². The van der Waals surface area contributed by atoms with Gasteiger partial charge in [0.2, 0.25) is 5.95 Å². The number of carbonyl (C=O) groups excluding carboxylic acids is 1. The molecule has 0 aliphatic rings. The van der Waals surface area contributed by atoms with E-state index in [4.69, 9.17) is 14.6 Å². The van der Waals surface area contributed by atoms with E-state index in [1.807, 2.05) is 45.0 Å². The third-order valence-corrected chi connectivity index (χ3v) is 6.53. The summed E-state index contributed by atoms with van der Waals surface area (Å²) >= 11 is 0. The van der Waals surface area contributed by atoms with Gasteiger partial charge in [0, 0.05) is 18.8 Å². The molecule has 0 unspecified atom stereocenters. The molecule has 11 heteroatoms. The predicted octanol–water partition coefficient (Wildman–Crippen LogP) is 5.21. The van der Waals surface area contributed by atoms with Crippen LogP contribution in [-0.2, 0) is 26.0 Å². The number of anilines is 1. The molecule has 0 amide bonds. The number of esters is 1. The van der Waals surface area contributed by atoms with E-state index < -0.39 is 21.6 Å². The van der Waals surface area contributed by atoms with Gasteiger partial charge in [-0.2, -0.15) is 0 Å². The number of aromatic nitrogens is 2. The number of carbonyl (C=O) groups is 2. The van der Waals surface area contributed by atoms with Gasteiger partial charge in [0.15, 0.2) is 0 Å². The van der Waals surface area contributed by atoms with Gasteiger partial charge in [0.05, 0.1) is 10.5 Å². The second kappa shape index (κ2) is 12.5. The molecule has 0 radical (unpaired) electrons. The first-order valence-electron chi connectivity index (χ1n) is 12.1. The summed E-state index contributed by atoms with van der Waals surface area (Å²) in [6.45, 7) is 5.58. The Bertz CT molecular complexity index is 1330. The number of nitrogens with one attached hydrogen (secondary N) is 1. The van der Waals surface area contributed by atoms with Crippen molar-refractivity contribution in [2.45, 2.75) is 63.4 Å². The van der Waals surface area contributed by atoms with Crippen molar-refractivity contribution in [3.8, 4) is 11.5 Å². The van der Waals surface area contributed by atoms with E-state index in [2.05, 4.69) is 14.7 Å². The Morgan fingerprint density at radius 2 is 1.47 bits per heavy atom. The van der Waals surface area contributed by atoms with Crippen LogP contribution in [0.25, 0.3) is 0 Å². The molecule has 1 aromatic heterocycles. The van der Waals surface area contributed by atoms with Crippen LogP contribution in [0.3, 0.4) is 0 Å². The number of ether oxygens (including phenoxy) is 2. The van der Waals surface area contributed by atoms with Gasteiger partial charge < -0.3 is 14.6 Å².